The first-order chi connectivity index (χ1) is 12.0. The molecule has 0 amide bonds. The maximum absolute atomic E-state index is 12.3. The van der Waals surface area contributed by atoms with Gasteiger partial charge in [-0.3, -0.25) is 0 Å². The summed E-state index contributed by atoms with van der Waals surface area (Å²) in [6, 6.07) is 11.6. The van der Waals surface area contributed by atoms with Crippen LogP contribution in [0.3, 0.4) is 0 Å². The Morgan fingerprint density at radius 1 is 1.04 bits per heavy atom. The van der Waals surface area contributed by atoms with Gasteiger partial charge < -0.3 is 19.1 Å². The van der Waals surface area contributed by atoms with Crippen LogP contribution in [0.15, 0.2) is 52.1 Å². The maximum atomic E-state index is 12.3. The molecule has 25 heavy (non-hydrogen) atoms. The average Bonchev–Trinajstić information content (AvgIpc) is 2.65. The van der Waals surface area contributed by atoms with Crippen molar-refractivity contribution in [2.45, 2.75) is 0 Å². The van der Waals surface area contributed by atoms with Crippen LogP contribution in [0.1, 0.15) is 0 Å². The second kappa shape index (κ2) is 7.25. The van der Waals surface area contributed by atoms with Gasteiger partial charge in [-0.2, -0.15) is 0 Å². The molecule has 0 aliphatic carbocycles. The van der Waals surface area contributed by atoms with Crippen molar-refractivity contribution in [1.82, 2.24) is 0 Å². The molecule has 2 aromatic carbocycles. The minimum atomic E-state index is -0.616. The summed E-state index contributed by atoms with van der Waals surface area (Å²) in [5.41, 5.74) is 0.991. The molecule has 0 saturated heterocycles. The second-order valence-electron chi connectivity index (χ2n) is 5.39. The van der Waals surface area contributed by atoms with Gasteiger partial charge in [-0.25, -0.2) is 9.59 Å². The molecule has 0 N–H and O–H groups in total. The van der Waals surface area contributed by atoms with E-state index < -0.39 is 11.9 Å². The molecule has 0 fully saturated rings. The predicted octanol–water partition coefficient (Wildman–Crippen LogP) is 3.00. The fourth-order valence-corrected chi connectivity index (χ4v) is 3.10. The van der Waals surface area contributed by atoms with Crippen LogP contribution < -0.4 is 4.90 Å². The number of nitrogens with zero attached hydrogens (tertiary/aromatic N) is 1. The zero-order valence-electron chi connectivity index (χ0n) is 13.7. The quantitative estimate of drug-likeness (QED) is 0.731. The zero-order chi connectivity index (χ0) is 18.0. The van der Waals surface area contributed by atoms with Crippen LogP contribution in [0.5, 0.6) is 0 Å². The van der Waals surface area contributed by atoms with Crippen LogP contribution in [0.4, 0.5) is 5.69 Å². The van der Waals surface area contributed by atoms with Crippen molar-refractivity contribution in [3.63, 3.8) is 0 Å². The van der Waals surface area contributed by atoms with E-state index in [1.165, 1.54) is 14.2 Å². The molecule has 130 valence electrons. The minimum Gasteiger partial charge on any atom is -0.466 e. The summed E-state index contributed by atoms with van der Waals surface area (Å²) in [6.07, 6.45) is 0. The highest BCUT2D eigenvalue weighted by Gasteiger charge is 2.32. The number of fused-ring (bicyclic) bond motifs is 1. The molecule has 0 radical (unpaired) electrons. The number of hydrogen-bond donors (Lipinski definition) is 0. The Hall–Kier alpha value is -2.38. The molecule has 0 saturated carbocycles. The second-order valence-corrected chi connectivity index (χ2v) is 6.31. The third-order valence-corrected chi connectivity index (χ3v) is 4.42. The summed E-state index contributed by atoms with van der Waals surface area (Å²) >= 11 is 3.45. The first kappa shape index (κ1) is 17.4. The molecular formula is C18H16BrNO5. The molecule has 6 nitrogen and oxygen atoms in total. The van der Waals surface area contributed by atoms with Crippen LogP contribution in [0.25, 0.3) is 10.8 Å². The minimum absolute atomic E-state index is 0.00582. The fraction of sp³-hybridized carbons (Fsp3) is 0.222. The highest BCUT2D eigenvalue weighted by Crippen LogP contribution is 2.30. The summed E-state index contributed by atoms with van der Waals surface area (Å²) in [4.78, 5) is 25.9. The summed E-state index contributed by atoms with van der Waals surface area (Å²) < 4.78 is 16.1. The Labute approximate surface area is 153 Å². The van der Waals surface area contributed by atoms with E-state index in [2.05, 4.69) is 15.9 Å². The molecule has 0 atom stereocenters. The number of anilines is 1. The molecule has 0 unspecified atom stereocenters. The number of hydrogen-bond acceptors (Lipinski definition) is 6. The maximum Gasteiger partial charge on any atom is 0.355 e. The molecule has 1 heterocycles. The van der Waals surface area contributed by atoms with Gasteiger partial charge in [0.1, 0.15) is 12.4 Å². The van der Waals surface area contributed by atoms with Crippen LogP contribution in [-0.2, 0) is 23.8 Å². The lowest BCUT2D eigenvalue weighted by atomic mass is 10.1. The normalized spacial score (nSPS) is 14.6. The number of benzene rings is 2. The lowest BCUT2D eigenvalue weighted by molar-refractivity contribution is -0.140. The fourth-order valence-electron chi connectivity index (χ4n) is 2.72. The van der Waals surface area contributed by atoms with Crippen molar-refractivity contribution < 1.29 is 23.8 Å². The van der Waals surface area contributed by atoms with E-state index in [0.717, 1.165) is 20.9 Å². The molecule has 7 heteroatoms. The Bertz CT molecular complexity index is 877. The summed E-state index contributed by atoms with van der Waals surface area (Å²) in [6.45, 7) is 0.126. The van der Waals surface area contributed by atoms with Crippen molar-refractivity contribution in [3.8, 4) is 0 Å². The van der Waals surface area contributed by atoms with Crippen molar-refractivity contribution in [3.05, 3.63) is 52.1 Å². The van der Waals surface area contributed by atoms with Gasteiger partial charge in [0.2, 0.25) is 0 Å². The van der Waals surface area contributed by atoms with Gasteiger partial charge >= 0.3 is 11.9 Å². The molecule has 0 spiro atoms. The first-order valence-electron chi connectivity index (χ1n) is 7.49. The SMILES string of the molecule is COC(=O)C1=C(C(=O)OC)N(c2ccc3cc(Br)ccc3c2)COC1. The van der Waals surface area contributed by atoms with Crippen molar-refractivity contribution in [2.24, 2.45) is 0 Å². The van der Waals surface area contributed by atoms with Gasteiger partial charge in [-0.15, -0.1) is 0 Å². The number of rotatable bonds is 3. The molecular weight excluding hydrogens is 390 g/mol. The summed E-state index contributed by atoms with van der Waals surface area (Å²) in [7, 11) is 2.53. The van der Waals surface area contributed by atoms with Crippen LogP contribution >= 0.6 is 15.9 Å². The highest BCUT2D eigenvalue weighted by molar-refractivity contribution is 9.10. The predicted molar refractivity (Wildman–Crippen MR) is 96.0 cm³/mol. The zero-order valence-corrected chi connectivity index (χ0v) is 15.3. The molecule has 0 aromatic heterocycles. The Kier molecular flexibility index (Phi) is 5.06. The number of esters is 2. The van der Waals surface area contributed by atoms with E-state index in [4.69, 9.17) is 14.2 Å². The largest absolute Gasteiger partial charge is 0.466 e. The number of halogens is 1. The highest BCUT2D eigenvalue weighted by atomic mass is 79.9. The lowest BCUT2D eigenvalue weighted by Crippen LogP contribution is -2.38. The smallest absolute Gasteiger partial charge is 0.355 e. The van der Waals surface area contributed by atoms with Crippen molar-refractivity contribution in [1.29, 1.82) is 0 Å². The molecule has 1 aliphatic heterocycles. The summed E-state index contributed by atoms with van der Waals surface area (Å²) in [5.74, 6) is -1.23. The van der Waals surface area contributed by atoms with Crippen molar-refractivity contribution in [2.75, 3.05) is 32.5 Å². The molecule has 0 bridgehead atoms. The third-order valence-electron chi connectivity index (χ3n) is 3.93. The van der Waals surface area contributed by atoms with Gasteiger partial charge in [0.15, 0.2) is 0 Å². The van der Waals surface area contributed by atoms with Gasteiger partial charge in [-0.1, -0.05) is 28.1 Å². The Morgan fingerprint density at radius 2 is 1.72 bits per heavy atom. The summed E-state index contributed by atoms with van der Waals surface area (Å²) in [5, 5.41) is 2.04. The number of carbonyl (C=O) groups excluding carboxylic acids is 2. The van der Waals surface area contributed by atoms with Crippen LogP contribution in [0, 0.1) is 0 Å². The van der Waals surface area contributed by atoms with E-state index in [9.17, 15) is 9.59 Å². The van der Waals surface area contributed by atoms with Crippen molar-refractivity contribution >= 4 is 44.3 Å². The topological polar surface area (TPSA) is 65.1 Å². The Morgan fingerprint density at radius 3 is 2.44 bits per heavy atom. The third kappa shape index (κ3) is 3.38. The van der Waals surface area contributed by atoms with E-state index in [-0.39, 0.29) is 24.6 Å². The van der Waals surface area contributed by atoms with E-state index in [1.807, 2.05) is 36.4 Å². The van der Waals surface area contributed by atoms with Gasteiger partial charge in [0.05, 0.1) is 26.4 Å². The first-order valence-corrected chi connectivity index (χ1v) is 8.29. The van der Waals surface area contributed by atoms with Crippen LogP contribution in [0.2, 0.25) is 0 Å². The van der Waals surface area contributed by atoms with E-state index >= 15 is 0 Å². The number of ether oxygens (including phenoxy) is 3. The monoisotopic (exact) mass is 405 g/mol. The standard InChI is InChI=1S/C18H16BrNO5/c1-23-17(21)15-9-25-10-20(16(15)18(22)24-2)14-6-4-11-7-13(19)5-3-12(11)8-14/h3-8H,9-10H2,1-2H3. The molecule has 3 rings (SSSR count). The number of carbonyl (C=O) groups is 2. The number of methoxy groups -OCH3 is 2. The van der Waals surface area contributed by atoms with E-state index in [0.29, 0.717) is 0 Å². The van der Waals surface area contributed by atoms with Gasteiger partial charge in [0, 0.05) is 10.2 Å². The van der Waals surface area contributed by atoms with Gasteiger partial charge in [0.25, 0.3) is 0 Å². The average molecular weight is 406 g/mol. The lowest BCUT2D eigenvalue weighted by Gasteiger charge is -2.31. The van der Waals surface area contributed by atoms with E-state index in [1.54, 1.807) is 4.90 Å². The van der Waals surface area contributed by atoms with Crippen LogP contribution in [-0.4, -0.2) is 39.5 Å². The molecule has 1 aliphatic rings. The van der Waals surface area contributed by atoms with Gasteiger partial charge in [-0.05, 0) is 35.0 Å². The Balaban J connectivity index is 2.11. The molecule has 2 aromatic rings.